The van der Waals surface area contributed by atoms with Crippen LogP contribution in [-0.2, 0) is 0 Å². The molecule has 0 heterocycles. The molecule has 0 radical (unpaired) electrons. The first kappa shape index (κ1) is 12.7. The molecule has 0 saturated carbocycles. The molecule has 16 heavy (non-hydrogen) atoms. The molecule has 0 aromatic heterocycles. The van der Waals surface area contributed by atoms with Crippen LogP contribution in [0.1, 0.15) is 5.56 Å². The van der Waals surface area contributed by atoms with E-state index in [0.717, 1.165) is 4.90 Å². The molecule has 0 atom stereocenters. The maximum atomic E-state index is 8.71. The average molecular weight is 242 g/mol. The molecular formula is C10H14N2O3S. The molecule has 1 aromatic carbocycles. The van der Waals surface area contributed by atoms with Crippen molar-refractivity contribution in [2.75, 3.05) is 19.5 Å². The van der Waals surface area contributed by atoms with Gasteiger partial charge in [-0.3, -0.25) is 0 Å². The van der Waals surface area contributed by atoms with Crippen molar-refractivity contribution in [2.24, 2.45) is 10.9 Å². The van der Waals surface area contributed by atoms with Crippen LogP contribution >= 0.6 is 11.8 Å². The second-order valence-corrected chi connectivity index (χ2v) is 3.74. The number of thioether (sulfide) groups is 1. The summed E-state index contributed by atoms with van der Waals surface area (Å²) in [5.74, 6) is 0.495. The molecule has 0 aliphatic rings. The SMILES string of the molecule is CSc1cccc(OCCO)c1/C(N)=N/O. The first-order valence-corrected chi connectivity index (χ1v) is 5.85. The number of aliphatic hydroxyl groups excluding tert-OH is 1. The van der Waals surface area contributed by atoms with Crippen LogP contribution in [0.25, 0.3) is 0 Å². The van der Waals surface area contributed by atoms with Crippen LogP contribution in [-0.4, -0.2) is 35.6 Å². The summed E-state index contributed by atoms with van der Waals surface area (Å²) in [5.41, 5.74) is 6.13. The Labute approximate surface area is 97.9 Å². The monoisotopic (exact) mass is 242 g/mol. The first-order valence-electron chi connectivity index (χ1n) is 4.63. The van der Waals surface area contributed by atoms with Gasteiger partial charge in [-0.2, -0.15) is 0 Å². The van der Waals surface area contributed by atoms with Gasteiger partial charge in [-0.15, -0.1) is 11.8 Å². The van der Waals surface area contributed by atoms with Crippen LogP contribution < -0.4 is 10.5 Å². The molecule has 0 spiro atoms. The van der Waals surface area contributed by atoms with E-state index in [9.17, 15) is 0 Å². The number of aliphatic hydroxyl groups is 1. The largest absolute Gasteiger partial charge is 0.490 e. The number of nitrogens with zero attached hydrogens (tertiary/aromatic N) is 1. The standard InChI is InChI=1S/C10H14N2O3S/c1-16-8-4-2-3-7(15-6-5-13)9(8)10(11)12-14/h2-4,13-14H,5-6H2,1H3,(H2,11,12). The van der Waals surface area contributed by atoms with Crippen molar-refractivity contribution in [1.29, 1.82) is 0 Å². The molecular weight excluding hydrogens is 228 g/mol. The predicted octanol–water partition coefficient (Wildman–Crippen LogP) is 0.874. The van der Waals surface area contributed by atoms with Gasteiger partial charge in [-0.25, -0.2) is 0 Å². The van der Waals surface area contributed by atoms with Crippen LogP contribution in [0.2, 0.25) is 0 Å². The Hall–Kier alpha value is -1.40. The van der Waals surface area contributed by atoms with Crippen LogP contribution in [0.15, 0.2) is 28.3 Å². The summed E-state index contributed by atoms with van der Waals surface area (Å²) in [4.78, 5) is 0.853. The van der Waals surface area contributed by atoms with E-state index in [0.29, 0.717) is 11.3 Å². The van der Waals surface area contributed by atoms with E-state index in [1.807, 2.05) is 18.4 Å². The number of nitrogens with two attached hydrogens (primary N) is 1. The molecule has 4 N–H and O–H groups in total. The van der Waals surface area contributed by atoms with Crippen LogP contribution in [0.5, 0.6) is 5.75 Å². The molecule has 0 fully saturated rings. The number of benzene rings is 1. The third-order valence-corrected chi connectivity index (χ3v) is 2.70. The van der Waals surface area contributed by atoms with Crippen molar-refractivity contribution in [3.05, 3.63) is 23.8 Å². The van der Waals surface area contributed by atoms with Gasteiger partial charge < -0.3 is 20.8 Å². The smallest absolute Gasteiger partial charge is 0.174 e. The van der Waals surface area contributed by atoms with Gasteiger partial charge in [-0.1, -0.05) is 11.2 Å². The third kappa shape index (κ3) is 2.80. The number of hydrogen-bond donors (Lipinski definition) is 3. The van der Waals surface area contributed by atoms with Crippen LogP contribution in [0, 0.1) is 0 Å². The summed E-state index contributed by atoms with van der Waals surface area (Å²) >= 11 is 1.47. The molecule has 5 nitrogen and oxygen atoms in total. The Morgan fingerprint density at radius 1 is 1.56 bits per heavy atom. The second-order valence-electron chi connectivity index (χ2n) is 2.89. The van der Waals surface area contributed by atoms with E-state index >= 15 is 0 Å². The van der Waals surface area contributed by atoms with E-state index < -0.39 is 0 Å². The normalized spacial score (nSPS) is 11.5. The van der Waals surface area contributed by atoms with Crippen molar-refractivity contribution in [3.8, 4) is 5.75 Å². The molecule has 0 bridgehead atoms. The summed E-state index contributed by atoms with van der Waals surface area (Å²) in [6, 6.07) is 5.37. The van der Waals surface area contributed by atoms with E-state index in [4.69, 9.17) is 20.8 Å². The molecule has 88 valence electrons. The zero-order valence-corrected chi connectivity index (χ0v) is 9.70. The Balaban J connectivity index is 3.15. The molecule has 0 aliphatic carbocycles. The van der Waals surface area contributed by atoms with Gasteiger partial charge in [0, 0.05) is 4.90 Å². The number of oxime groups is 1. The molecule has 0 saturated heterocycles. The van der Waals surface area contributed by atoms with Gasteiger partial charge in [0.15, 0.2) is 5.84 Å². The van der Waals surface area contributed by atoms with Crippen LogP contribution in [0.4, 0.5) is 0 Å². The third-order valence-electron chi connectivity index (χ3n) is 1.92. The number of rotatable bonds is 5. The highest BCUT2D eigenvalue weighted by atomic mass is 32.2. The van der Waals surface area contributed by atoms with E-state index in [2.05, 4.69) is 5.16 Å². The summed E-state index contributed by atoms with van der Waals surface area (Å²) in [6.07, 6.45) is 1.89. The molecule has 0 amide bonds. The Morgan fingerprint density at radius 2 is 2.31 bits per heavy atom. The highest BCUT2D eigenvalue weighted by Gasteiger charge is 2.13. The fraction of sp³-hybridized carbons (Fsp3) is 0.300. The fourth-order valence-corrected chi connectivity index (χ4v) is 1.88. The van der Waals surface area contributed by atoms with Gasteiger partial charge in [0.1, 0.15) is 12.4 Å². The Bertz CT molecular complexity index is 382. The lowest BCUT2D eigenvalue weighted by Gasteiger charge is -2.12. The quantitative estimate of drug-likeness (QED) is 0.234. The van der Waals surface area contributed by atoms with Gasteiger partial charge in [0.2, 0.25) is 0 Å². The van der Waals surface area contributed by atoms with Crippen molar-refractivity contribution in [3.63, 3.8) is 0 Å². The van der Waals surface area contributed by atoms with Gasteiger partial charge >= 0.3 is 0 Å². The molecule has 0 unspecified atom stereocenters. The van der Waals surface area contributed by atoms with Crippen molar-refractivity contribution in [1.82, 2.24) is 0 Å². The summed E-state index contributed by atoms with van der Waals surface area (Å²) in [7, 11) is 0. The Morgan fingerprint density at radius 3 is 2.88 bits per heavy atom. The molecule has 6 heteroatoms. The van der Waals surface area contributed by atoms with Gasteiger partial charge in [-0.05, 0) is 18.4 Å². The van der Waals surface area contributed by atoms with Crippen LogP contribution in [0.3, 0.4) is 0 Å². The lowest BCUT2D eigenvalue weighted by Crippen LogP contribution is -2.16. The molecule has 0 aliphatic heterocycles. The number of amidine groups is 1. The molecule has 1 rings (SSSR count). The minimum Gasteiger partial charge on any atom is -0.490 e. The second kappa shape index (κ2) is 6.24. The minimum absolute atomic E-state index is 0.00195. The van der Waals surface area contributed by atoms with Gasteiger partial charge in [0.25, 0.3) is 0 Å². The zero-order chi connectivity index (χ0) is 12.0. The molecule has 1 aromatic rings. The van der Waals surface area contributed by atoms with Crippen molar-refractivity contribution < 1.29 is 15.1 Å². The van der Waals surface area contributed by atoms with Gasteiger partial charge in [0.05, 0.1) is 12.2 Å². The van der Waals surface area contributed by atoms with E-state index in [1.165, 1.54) is 11.8 Å². The zero-order valence-electron chi connectivity index (χ0n) is 8.88. The highest BCUT2D eigenvalue weighted by Crippen LogP contribution is 2.28. The lowest BCUT2D eigenvalue weighted by molar-refractivity contribution is 0.201. The number of ether oxygens (including phenoxy) is 1. The maximum absolute atomic E-state index is 8.71. The van der Waals surface area contributed by atoms with E-state index in [1.54, 1.807) is 6.07 Å². The predicted molar refractivity (Wildman–Crippen MR) is 63.3 cm³/mol. The van der Waals surface area contributed by atoms with Crippen molar-refractivity contribution in [2.45, 2.75) is 4.90 Å². The maximum Gasteiger partial charge on any atom is 0.174 e. The fourth-order valence-electron chi connectivity index (χ4n) is 1.26. The number of hydrogen-bond acceptors (Lipinski definition) is 5. The minimum atomic E-state index is -0.0842. The van der Waals surface area contributed by atoms with Crippen molar-refractivity contribution >= 4 is 17.6 Å². The first-order chi connectivity index (χ1) is 7.74. The topological polar surface area (TPSA) is 88.1 Å². The lowest BCUT2D eigenvalue weighted by atomic mass is 10.2. The Kier molecular flexibility index (Phi) is 4.94. The highest BCUT2D eigenvalue weighted by molar-refractivity contribution is 7.98. The summed E-state index contributed by atoms with van der Waals surface area (Å²) in [6.45, 7) is 0.0860. The van der Waals surface area contributed by atoms with E-state index in [-0.39, 0.29) is 19.0 Å². The average Bonchev–Trinajstić information content (AvgIpc) is 2.34. The summed E-state index contributed by atoms with van der Waals surface area (Å²) in [5, 5.41) is 20.4. The summed E-state index contributed by atoms with van der Waals surface area (Å²) < 4.78 is 5.32.